The van der Waals surface area contributed by atoms with Gasteiger partial charge in [0.2, 0.25) is 0 Å². The number of methoxy groups -OCH3 is 1. The van der Waals surface area contributed by atoms with Crippen LogP contribution < -0.4 is 4.90 Å². The zero-order valence-electron chi connectivity index (χ0n) is 20.6. The molecule has 1 aliphatic carbocycles. The highest BCUT2D eigenvalue weighted by Crippen LogP contribution is 2.41. The summed E-state index contributed by atoms with van der Waals surface area (Å²) in [5.74, 6) is -0.0373. The van der Waals surface area contributed by atoms with Crippen LogP contribution in [0.1, 0.15) is 69.3 Å². The van der Waals surface area contributed by atoms with Crippen molar-refractivity contribution in [3.05, 3.63) is 42.0 Å². The molecule has 1 saturated carbocycles. The van der Waals surface area contributed by atoms with Crippen molar-refractivity contribution in [3.63, 3.8) is 0 Å². The summed E-state index contributed by atoms with van der Waals surface area (Å²) in [5, 5.41) is 14.1. The van der Waals surface area contributed by atoms with Crippen molar-refractivity contribution >= 4 is 28.8 Å². The summed E-state index contributed by atoms with van der Waals surface area (Å²) in [7, 11) is 1.41. The molecule has 0 spiro atoms. The molecule has 1 aliphatic heterocycles. The molecule has 5 rings (SSSR count). The number of carbonyl (C=O) groups is 2. The van der Waals surface area contributed by atoms with Gasteiger partial charge in [0.15, 0.2) is 0 Å². The molecule has 0 saturated heterocycles. The Balaban J connectivity index is 1.64. The van der Waals surface area contributed by atoms with Gasteiger partial charge >= 0.3 is 12.1 Å². The fourth-order valence-corrected chi connectivity index (χ4v) is 5.92. The number of carbonyl (C=O) groups excluding carboxylic acids is 1. The Morgan fingerprint density at radius 1 is 1.26 bits per heavy atom. The number of hydrogen-bond acceptors (Lipinski definition) is 5. The number of carboxylic acid groups (broad SMARTS) is 1. The van der Waals surface area contributed by atoms with E-state index in [4.69, 9.17) is 9.72 Å². The second kappa shape index (κ2) is 9.36. The highest BCUT2D eigenvalue weighted by molar-refractivity contribution is 5.95. The van der Waals surface area contributed by atoms with Gasteiger partial charge in [-0.15, -0.1) is 0 Å². The van der Waals surface area contributed by atoms with Crippen LogP contribution in [0.25, 0.3) is 11.0 Å². The maximum Gasteiger partial charge on any atom is 0.414 e. The summed E-state index contributed by atoms with van der Waals surface area (Å²) >= 11 is 0. The Morgan fingerprint density at radius 2 is 2.09 bits per heavy atom. The van der Waals surface area contributed by atoms with Gasteiger partial charge in [0, 0.05) is 36.0 Å². The number of benzene rings is 1. The molecular formula is C26H33N5O4. The number of aliphatic carboxylic acids is 1. The number of hydrogen-bond donors (Lipinski definition) is 1. The molecule has 3 unspecified atom stereocenters. The molecule has 9 heteroatoms. The van der Waals surface area contributed by atoms with Crippen LogP contribution in [-0.4, -0.2) is 49.7 Å². The highest BCUT2D eigenvalue weighted by atomic mass is 16.5. The first-order valence-electron chi connectivity index (χ1n) is 12.5. The molecule has 35 heavy (non-hydrogen) atoms. The van der Waals surface area contributed by atoms with Crippen molar-refractivity contribution < 1.29 is 19.4 Å². The minimum Gasteiger partial charge on any atom is -0.481 e. The van der Waals surface area contributed by atoms with Crippen molar-refractivity contribution in [2.75, 3.05) is 12.0 Å². The number of carboxylic acids is 1. The fraction of sp³-hybridized carbons (Fsp3) is 0.538. The third-order valence-corrected chi connectivity index (χ3v) is 7.67. The van der Waals surface area contributed by atoms with E-state index in [1.807, 2.05) is 36.0 Å². The van der Waals surface area contributed by atoms with Crippen LogP contribution in [0.3, 0.4) is 0 Å². The number of rotatable bonds is 5. The summed E-state index contributed by atoms with van der Waals surface area (Å²) in [4.78, 5) is 31.3. The van der Waals surface area contributed by atoms with Gasteiger partial charge in [-0.2, -0.15) is 5.10 Å². The Morgan fingerprint density at radius 3 is 2.80 bits per heavy atom. The van der Waals surface area contributed by atoms with Crippen molar-refractivity contribution in [2.45, 2.75) is 76.9 Å². The molecule has 0 radical (unpaired) electrons. The van der Waals surface area contributed by atoms with E-state index in [9.17, 15) is 14.7 Å². The topological polar surface area (TPSA) is 102 Å². The summed E-state index contributed by atoms with van der Waals surface area (Å²) in [6.45, 7) is 4.86. The number of aromatic nitrogens is 4. The Bertz CT molecular complexity index is 1230. The van der Waals surface area contributed by atoms with E-state index >= 15 is 0 Å². The number of aryl methyl sites for hydroxylation is 1. The molecule has 186 valence electrons. The summed E-state index contributed by atoms with van der Waals surface area (Å²) < 4.78 is 9.28. The van der Waals surface area contributed by atoms with Gasteiger partial charge < -0.3 is 14.4 Å². The molecule has 2 aliphatic rings. The lowest BCUT2D eigenvalue weighted by atomic mass is 9.85. The fourth-order valence-electron chi connectivity index (χ4n) is 5.92. The lowest BCUT2D eigenvalue weighted by Crippen LogP contribution is -2.42. The molecule has 3 heterocycles. The molecule has 1 amide bonds. The molecule has 3 aromatic rings. The predicted molar refractivity (Wildman–Crippen MR) is 132 cm³/mol. The van der Waals surface area contributed by atoms with Gasteiger partial charge in [-0.25, -0.2) is 9.78 Å². The third-order valence-electron chi connectivity index (χ3n) is 7.67. The maximum atomic E-state index is 12.6. The second-order valence-corrected chi connectivity index (χ2v) is 9.98. The average Bonchev–Trinajstić information content (AvgIpc) is 3.51. The van der Waals surface area contributed by atoms with E-state index in [0.717, 1.165) is 60.2 Å². The lowest BCUT2D eigenvalue weighted by molar-refractivity contribution is -0.143. The van der Waals surface area contributed by atoms with Gasteiger partial charge in [-0.1, -0.05) is 13.3 Å². The maximum absolute atomic E-state index is 12.6. The number of nitrogens with zero attached hydrogens (tertiary/aromatic N) is 5. The van der Waals surface area contributed by atoms with Crippen LogP contribution in [0.5, 0.6) is 0 Å². The normalized spacial score (nSPS) is 23.2. The van der Waals surface area contributed by atoms with Gasteiger partial charge in [0.05, 0.1) is 36.3 Å². The second-order valence-electron chi connectivity index (χ2n) is 9.98. The molecule has 0 bridgehead atoms. The molecular weight excluding hydrogens is 446 g/mol. The molecule has 2 aromatic heterocycles. The monoisotopic (exact) mass is 479 g/mol. The van der Waals surface area contributed by atoms with Crippen molar-refractivity contribution in [1.82, 2.24) is 19.3 Å². The minimum absolute atomic E-state index is 0.0439. The van der Waals surface area contributed by atoms with Crippen LogP contribution in [-0.2, 0) is 22.5 Å². The number of fused-ring (bicyclic) bond motifs is 3. The quantitative estimate of drug-likeness (QED) is 0.566. The Labute approximate surface area is 204 Å². The van der Waals surface area contributed by atoms with Crippen LogP contribution >= 0.6 is 0 Å². The average molecular weight is 480 g/mol. The zero-order chi connectivity index (χ0) is 24.7. The number of anilines is 1. The molecule has 9 nitrogen and oxygen atoms in total. The van der Waals surface area contributed by atoms with Crippen molar-refractivity contribution in [1.29, 1.82) is 0 Å². The number of ether oxygens (including phenoxy) is 1. The summed E-state index contributed by atoms with van der Waals surface area (Å²) in [5.41, 5.74) is 3.83. The molecule has 4 atom stereocenters. The molecule has 1 fully saturated rings. The van der Waals surface area contributed by atoms with Gasteiger partial charge in [0.1, 0.15) is 5.82 Å². The Kier molecular flexibility index (Phi) is 6.25. The van der Waals surface area contributed by atoms with Crippen LogP contribution in [0.15, 0.2) is 30.6 Å². The van der Waals surface area contributed by atoms with E-state index in [1.165, 1.54) is 7.11 Å². The largest absolute Gasteiger partial charge is 0.481 e. The first-order valence-corrected chi connectivity index (χ1v) is 12.5. The van der Waals surface area contributed by atoms with E-state index in [1.54, 1.807) is 11.1 Å². The van der Waals surface area contributed by atoms with E-state index in [2.05, 4.69) is 16.6 Å². The van der Waals surface area contributed by atoms with E-state index in [0.29, 0.717) is 13.0 Å². The standard InChI is InChI=1S/C26H33N5O4/c1-16(15-29-13-5-12-27-29)24-28-23-20-9-8-17(2)30(26(34)35-3)21(20)10-11-22(23)31(24)19-7-4-6-18(14-19)25(32)33/h5,10-13,16-19H,4,6-9,14-15H2,1-3H3,(H,32,33)/t16?,17-,18?,19?/m0/s1. The van der Waals surface area contributed by atoms with Crippen molar-refractivity contribution in [3.8, 4) is 0 Å². The zero-order valence-corrected chi connectivity index (χ0v) is 20.6. The van der Waals surface area contributed by atoms with E-state index in [-0.39, 0.29) is 30.0 Å². The summed E-state index contributed by atoms with van der Waals surface area (Å²) in [6, 6.07) is 6.07. The van der Waals surface area contributed by atoms with Crippen LogP contribution in [0, 0.1) is 5.92 Å². The minimum atomic E-state index is -0.717. The smallest absolute Gasteiger partial charge is 0.414 e. The SMILES string of the molecule is COC(=O)N1c2ccc3c(nc(C(C)Cn4cccn4)n3C3CCCC(C(=O)O)C3)c2CC[C@@H]1C. The van der Waals surface area contributed by atoms with Gasteiger partial charge in [-0.3, -0.25) is 14.4 Å². The number of amides is 1. The van der Waals surface area contributed by atoms with E-state index < -0.39 is 5.97 Å². The predicted octanol–water partition coefficient (Wildman–Crippen LogP) is 4.76. The Hall–Kier alpha value is -3.36. The number of imidazole rings is 1. The van der Waals surface area contributed by atoms with Gasteiger partial charge in [0.25, 0.3) is 0 Å². The lowest BCUT2D eigenvalue weighted by Gasteiger charge is -2.34. The highest BCUT2D eigenvalue weighted by Gasteiger charge is 2.35. The first-order chi connectivity index (χ1) is 16.9. The molecule has 1 N–H and O–H groups in total. The van der Waals surface area contributed by atoms with Crippen LogP contribution in [0.4, 0.5) is 10.5 Å². The van der Waals surface area contributed by atoms with Crippen LogP contribution in [0.2, 0.25) is 0 Å². The third kappa shape index (κ3) is 4.17. The first kappa shape index (κ1) is 23.4. The summed E-state index contributed by atoms with van der Waals surface area (Å²) in [6.07, 6.45) is 8.15. The molecule has 1 aromatic carbocycles. The van der Waals surface area contributed by atoms with Crippen molar-refractivity contribution in [2.24, 2.45) is 5.92 Å². The van der Waals surface area contributed by atoms with Gasteiger partial charge in [-0.05, 0) is 57.2 Å².